The minimum atomic E-state index is -0.208. The lowest BCUT2D eigenvalue weighted by Crippen LogP contribution is -2.17. The summed E-state index contributed by atoms with van der Waals surface area (Å²) in [6.07, 6.45) is 0. The zero-order valence-corrected chi connectivity index (χ0v) is 12.9. The molecule has 0 saturated carbocycles. The third kappa shape index (κ3) is 3.25. The van der Waals surface area contributed by atoms with Gasteiger partial charge in [-0.05, 0) is 35.9 Å². The molecule has 0 aliphatic heterocycles. The van der Waals surface area contributed by atoms with Gasteiger partial charge in [-0.3, -0.25) is 0 Å². The SMILES string of the molecule is CN(Cc1ccc(Cl)s1)c1ccc(F)cc1CBr. The van der Waals surface area contributed by atoms with Gasteiger partial charge in [-0.2, -0.15) is 0 Å². The lowest BCUT2D eigenvalue weighted by Gasteiger charge is -2.21. The topological polar surface area (TPSA) is 3.24 Å². The van der Waals surface area contributed by atoms with Crippen LogP contribution in [0.25, 0.3) is 0 Å². The number of benzene rings is 1. The monoisotopic (exact) mass is 347 g/mol. The number of hydrogen-bond acceptors (Lipinski definition) is 2. The smallest absolute Gasteiger partial charge is 0.123 e. The van der Waals surface area contributed by atoms with E-state index in [4.69, 9.17) is 11.6 Å². The van der Waals surface area contributed by atoms with Crippen LogP contribution in [-0.4, -0.2) is 7.05 Å². The van der Waals surface area contributed by atoms with E-state index in [2.05, 4.69) is 20.8 Å². The van der Waals surface area contributed by atoms with E-state index in [1.54, 1.807) is 23.5 Å². The van der Waals surface area contributed by atoms with E-state index in [-0.39, 0.29) is 5.82 Å². The normalized spacial score (nSPS) is 10.7. The summed E-state index contributed by atoms with van der Waals surface area (Å²) in [5.74, 6) is -0.208. The molecule has 0 aliphatic carbocycles. The molecule has 0 bridgehead atoms. The molecule has 96 valence electrons. The lowest BCUT2D eigenvalue weighted by atomic mass is 10.2. The Morgan fingerprint density at radius 3 is 2.72 bits per heavy atom. The van der Waals surface area contributed by atoms with Crippen LogP contribution in [0.3, 0.4) is 0 Å². The van der Waals surface area contributed by atoms with Gasteiger partial charge in [0.25, 0.3) is 0 Å². The van der Waals surface area contributed by atoms with E-state index in [9.17, 15) is 4.39 Å². The van der Waals surface area contributed by atoms with Gasteiger partial charge in [0.05, 0.1) is 10.9 Å². The molecule has 1 aromatic heterocycles. The van der Waals surface area contributed by atoms with Gasteiger partial charge in [-0.25, -0.2) is 4.39 Å². The molecule has 2 rings (SSSR count). The molecule has 0 radical (unpaired) electrons. The molecule has 0 amide bonds. The predicted molar refractivity (Wildman–Crippen MR) is 80.5 cm³/mol. The fourth-order valence-corrected chi connectivity index (χ4v) is 3.38. The van der Waals surface area contributed by atoms with Crippen molar-refractivity contribution in [2.75, 3.05) is 11.9 Å². The summed E-state index contributed by atoms with van der Waals surface area (Å²) >= 11 is 10.9. The molecule has 0 aliphatic rings. The lowest BCUT2D eigenvalue weighted by molar-refractivity contribution is 0.626. The maximum absolute atomic E-state index is 13.2. The summed E-state index contributed by atoms with van der Waals surface area (Å²) in [6.45, 7) is 0.767. The maximum atomic E-state index is 13.2. The van der Waals surface area contributed by atoms with Gasteiger partial charge < -0.3 is 4.90 Å². The number of hydrogen-bond donors (Lipinski definition) is 0. The molecule has 0 saturated heterocycles. The van der Waals surface area contributed by atoms with Crippen molar-refractivity contribution in [3.8, 4) is 0 Å². The number of alkyl halides is 1. The Hall–Kier alpha value is -0.580. The fourth-order valence-electron chi connectivity index (χ4n) is 1.79. The summed E-state index contributed by atoms with van der Waals surface area (Å²) in [5, 5.41) is 0.635. The Morgan fingerprint density at radius 1 is 1.33 bits per heavy atom. The average Bonchev–Trinajstić information content (AvgIpc) is 2.74. The molecule has 1 nitrogen and oxygen atoms in total. The molecule has 0 N–H and O–H groups in total. The first-order valence-corrected chi connectivity index (χ1v) is 7.71. The van der Waals surface area contributed by atoms with Crippen LogP contribution in [0.1, 0.15) is 10.4 Å². The molecule has 1 heterocycles. The van der Waals surface area contributed by atoms with E-state index in [0.29, 0.717) is 5.33 Å². The highest BCUT2D eigenvalue weighted by Gasteiger charge is 2.09. The van der Waals surface area contributed by atoms with Crippen molar-refractivity contribution in [1.29, 1.82) is 0 Å². The molecule has 5 heteroatoms. The molecule has 0 fully saturated rings. The first-order valence-electron chi connectivity index (χ1n) is 5.40. The zero-order valence-electron chi connectivity index (χ0n) is 9.79. The number of thiophene rings is 1. The summed E-state index contributed by atoms with van der Waals surface area (Å²) < 4.78 is 14.0. The van der Waals surface area contributed by atoms with Gasteiger partial charge in [-0.1, -0.05) is 27.5 Å². The van der Waals surface area contributed by atoms with E-state index in [1.165, 1.54) is 10.9 Å². The van der Waals surface area contributed by atoms with Gasteiger partial charge >= 0.3 is 0 Å². The van der Waals surface area contributed by atoms with Crippen LogP contribution < -0.4 is 4.90 Å². The van der Waals surface area contributed by atoms with Crippen LogP contribution in [0.15, 0.2) is 30.3 Å². The molecule has 0 atom stereocenters. The van der Waals surface area contributed by atoms with Crippen LogP contribution in [0.2, 0.25) is 4.34 Å². The Bertz CT molecular complexity index is 544. The molecule has 0 spiro atoms. The molecule has 1 aromatic carbocycles. The molecule has 0 unspecified atom stereocenters. The quantitative estimate of drug-likeness (QED) is 0.697. The average molecular weight is 349 g/mol. The second-order valence-electron chi connectivity index (χ2n) is 3.97. The second-order valence-corrected chi connectivity index (χ2v) is 6.33. The van der Waals surface area contributed by atoms with Gasteiger partial charge in [0, 0.05) is 22.9 Å². The minimum absolute atomic E-state index is 0.208. The van der Waals surface area contributed by atoms with E-state index < -0.39 is 0 Å². The maximum Gasteiger partial charge on any atom is 0.123 e. The van der Waals surface area contributed by atoms with Gasteiger partial charge in [0.1, 0.15) is 5.82 Å². The third-order valence-electron chi connectivity index (χ3n) is 2.62. The van der Waals surface area contributed by atoms with Crippen LogP contribution in [0.5, 0.6) is 0 Å². The van der Waals surface area contributed by atoms with Crippen molar-refractivity contribution in [2.24, 2.45) is 0 Å². The van der Waals surface area contributed by atoms with E-state index in [1.807, 2.05) is 19.2 Å². The fraction of sp³-hybridized carbons (Fsp3) is 0.231. The largest absolute Gasteiger partial charge is 0.369 e. The van der Waals surface area contributed by atoms with Crippen LogP contribution in [0.4, 0.5) is 10.1 Å². The number of nitrogens with zero attached hydrogens (tertiary/aromatic N) is 1. The number of rotatable bonds is 4. The van der Waals surface area contributed by atoms with Gasteiger partial charge in [-0.15, -0.1) is 11.3 Å². The van der Waals surface area contributed by atoms with Crippen molar-refractivity contribution < 1.29 is 4.39 Å². The minimum Gasteiger partial charge on any atom is -0.369 e. The Labute approximate surface area is 123 Å². The first-order chi connectivity index (χ1) is 8.60. The Morgan fingerprint density at radius 2 is 2.11 bits per heavy atom. The summed E-state index contributed by atoms with van der Waals surface area (Å²) in [5.41, 5.74) is 1.97. The van der Waals surface area contributed by atoms with Gasteiger partial charge in [0.2, 0.25) is 0 Å². The summed E-state index contributed by atoms with van der Waals surface area (Å²) in [6, 6.07) is 8.76. The zero-order chi connectivity index (χ0) is 13.1. The van der Waals surface area contributed by atoms with Crippen LogP contribution in [-0.2, 0) is 11.9 Å². The summed E-state index contributed by atoms with van der Waals surface area (Å²) in [4.78, 5) is 3.28. The van der Waals surface area contributed by atoms with Crippen molar-refractivity contribution in [3.05, 3.63) is 50.9 Å². The highest BCUT2D eigenvalue weighted by Crippen LogP contribution is 2.27. The van der Waals surface area contributed by atoms with Crippen LogP contribution in [0, 0.1) is 5.82 Å². The predicted octanol–water partition coefficient (Wildman–Crippen LogP) is 5.07. The Balaban J connectivity index is 2.20. The van der Waals surface area contributed by atoms with E-state index >= 15 is 0 Å². The highest BCUT2D eigenvalue weighted by molar-refractivity contribution is 9.08. The molecule has 2 aromatic rings. The number of anilines is 1. The van der Waals surface area contributed by atoms with Crippen molar-refractivity contribution in [3.63, 3.8) is 0 Å². The van der Waals surface area contributed by atoms with Crippen molar-refractivity contribution in [1.82, 2.24) is 0 Å². The highest BCUT2D eigenvalue weighted by atomic mass is 79.9. The first kappa shape index (κ1) is 13.8. The third-order valence-corrected chi connectivity index (χ3v) is 4.44. The molecular weight excluding hydrogens is 337 g/mol. The van der Waals surface area contributed by atoms with Crippen LogP contribution >= 0.6 is 38.9 Å². The molecular formula is C13H12BrClFNS. The van der Waals surface area contributed by atoms with E-state index in [0.717, 1.165) is 22.1 Å². The Kier molecular flexibility index (Phi) is 4.65. The molecule has 18 heavy (non-hydrogen) atoms. The van der Waals surface area contributed by atoms with Gasteiger partial charge in [0.15, 0.2) is 0 Å². The van der Waals surface area contributed by atoms with Crippen molar-refractivity contribution in [2.45, 2.75) is 11.9 Å². The second kappa shape index (κ2) is 6.04. The standard InChI is InChI=1S/C13H12BrClFNS/c1-17(8-11-3-5-13(15)18-11)12-4-2-10(16)6-9(12)7-14/h2-6H,7-8H2,1H3. The van der Waals surface area contributed by atoms with Crippen molar-refractivity contribution >= 4 is 44.6 Å². The summed E-state index contributed by atoms with van der Waals surface area (Å²) in [7, 11) is 1.99. The number of halogens is 3.